The average molecular weight is 534 g/mol. The molecule has 5 rings (SSSR count). The normalized spacial score (nSPS) is 16.4. The highest BCUT2D eigenvalue weighted by atomic mass is 32.1. The number of ether oxygens (including phenoxy) is 1. The Bertz CT molecular complexity index is 1430. The van der Waals surface area contributed by atoms with Gasteiger partial charge in [0.05, 0.1) is 18.1 Å². The number of imidazole rings is 1. The minimum Gasteiger partial charge on any atom is -0.464 e. The number of benzene rings is 1. The lowest BCUT2D eigenvalue weighted by Crippen LogP contribution is -2.54. The molecular weight excluding hydrogens is 511 g/mol. The fourth-order valence-electron chi connectivity index (χ4n) is 4.27. The number of aromatic amines is 1. The molecule has 1 N–H and O–H groups in total. The van der Waals surface area contributed by atoms with Crippen molar-refractivity contribution in [1.82, 2.24) is 29.6 Å². The first-order chi connectivity index (χ1) is 17.6. The summed E-state index contributed by atoms with van der Waals surface area (Å²) in [4.78, 5) is 39.4. The third kappa shape index (κ3) is 4.88. The molecule has 194 valence electrons. The van der Waals surface area contributed by atoms with Crippen molar-refractivity contribution in [3.05, 3.63) is 47.2 Å². The molecule has 1 aliphatic rings. The van der Waals surface area contributed by atoms with Crippen molar-refractivity contribution in [1.29, 1.82) is 0 Å². The number of halogens is 3. The molecule has 0 saturated carbocycles. The van der Waals surface area contributed by atoms with E-state index in [0.29, 0.717) is 47.0 Å². The van der Waals surface area contributed by atoms with Crippen LogP contribution in [0.25, 0.3) is 22.6 Å². The van der Waals surface area contributed by atoms with E-state index in [1.165, 1.54) is 24.1 Å². The second kappa shape index (κ2) is 9.50. The summed E-state index contributed by atoms with van der Waals surface area (Å²) < 4.78 is 46.8. The monoisotopic (exact) mass is 533 g/mol. The Morgan fingerprint density at radius 3 is 2.68 bits per heavy atom. The summed E-state index contributed by atoms with van der Waals surface area (Å²) in [5, 5.41) is 3.45. The summed E-state index contributed by atoms with van der Waals surface area (Å²) in [5.41, 5.74) is 1.55. The van der Waals surface area contributed by atoms with Gasteiger partial charge in [-0.1, -0.05) is 23.5 Å². The topological polar surface area (TPSA) is 109 Å². The number of methoxy groups -OCH3 is 1. The van der Waals surface area contributed by atoms with E-state index in [-0.39, 0.29) is 35.7 Å². The maximum Gasteiger partial charge on any atom is 0.443 e. The summed E-state index contributed by atoms with van der Waals surface area (Å²) in [6, 6.07) is 8.34. The van der Waals surface area contributed by atoms with E-state index in [4.69, 9.17) is 0 Å². The van der Waals surface area contributed by atoms with Crippen LogP contribution in [0.5, 0.6) is 0 Å². The third-order valence-electron chi connectivity index (χ3n) is 6.03. The predicted molar refractivity (Wildman–Crippen MR) is 129 cm³/mol. The molecule has 3 aromatic heterocycles. The maximum absolute atomic E-state index is 13.6. The highest BCUT2D eigenvalue weighted by Gasteiger charge is 2.39. The maximum atomic E-state index is 13.6. The van der Waals surface area contributed by atoms with Gasteiger partial charge in [-0.2, -0.15) is 18.3 Å². The van der Waals surface area contributed by atoms with Crippen LogP contribution in [0.4, 0.5) is 18.2 Å². The number of hydrogen-bond donors (Lipinski definition) is 1. The highest BCUT2D eigenvalue weighted by molar-refractivity contribution is 7.16. The minimum atomic E-state index is -4.60. The van der Waals surface area contributed by atoms with Gasteiger partial charge in [0.15, 0.2) is 11.5 Å². The molecule has 0 unspecified atom stereocenters. The third-order valence-corrected chi connectivity index (χ3v) is 7.19. The standard InChI is InChI=1S/C23H22F3N7O3S/c1-13-11-31(9-10-33(13)17(34)12-32-8-7-16(30-32)21(35)36-2)20-18(29-22(37-20)23(24,25)26)19-27-14-5-3-4-6-15(14)28-19/h3-8,13H,9-12H2,1-2H3,(H,27,28)/t13-/m1/s1. The molecule has 0 bridgehead atoms. The van der Waals surface area contributed by atoms with E-state index in [0.717, 1.165) is 0 Å². The van der Waals surface area contributed by atoms with Gasteiger partial charge in [-0.3, -0.25) is 9.48 Å². The number of nitrogens with one attached hydrogen (secondary N) is 1. The fraction of sp³-hybridized carbons (Fsp3) is 0.348. The quantitative estimate of drug-likeness (QED) is 0.392. The number of piperazine rings is 1. The van der Waals surface area contributed by atoms with Crippen LogP contribution in [-0.4, -0.2) is 74.3 Å². The number of alkyl halides is 3. The number of esters is 1. The molecule has 4 heterocycles. The van der Waals surface area contributed by atoms with Crippen LogP contribution in [0, 0.1) is 0 Å². The van der Waals surface area contributed by atoms with Gasteiger partial charge in [-0.25, -0.2) is 14.8 Å². The Morgan fingerprint density at radius 2 is 1.97 bits per heavy atom. The van der Waals surface area contributed by atoms with Crippen molar-refractivity contribution in [2.24, 2.45) is 0 Å². The summed E-state index contributed by atoms with van der Waals surface area (Å²) in [6.07, 6.45) is -3.08. The lowest BCUT2D eigenvalue weighted by Gasteiger charge is -2.40. The zero-order chi connectivity index (χ0) is 26.3. The number of rotatable bonds is 5. The second-order valence-electron chi connectivity index (χ2n) is 8.55. The number of aromatic nitrogens is 5. The molecule has 1 atom stereocenters. The van der Waals surface area contributed by atoms with Crippen molar-refractivity contribution < 1.29 is 27.5 Å². The number of fused-ring (bicyclic) bond motifs is 1. The van der Waals surface area contributed by atoms with Gasteiger partial charge in [0, 0.05) is 31.9 Å². The van der Waals surface area contributed by atoms with Gasteiger partial charge >= 0.3 is 12.1 Å². The Hall–Kier alpha value is -3.94. The fourth-order valence-corrected chi connectivity index (χ4v) is 5.24. The molecule has 4 aromatic rings. The van der Waals surface area contributed by atoms with E-state index in [1.807, 2.05) is 17.9 Å². The Labute approximate surface area is 212 Å². The van der Waals surface area contributed by atoms with Gasteiger partial charge in [0.1, 0.15) is 17.2 Å². The number of anilines is 1. The molecule has 0 radical (unpaired) electrons. The number of carbonyl (C=O) groups is 2. The van der Waals surface area contributed by atoms with Gasteiger partial charge in [0.2, 0.25) is 10.9 Å². The van der Waals surface area contributed by atoms with Crippen molar-refractivity contribution >= 4 is 39.2 Å². The van der Waals surface area contributed by atoms with E-state index in [1.54, 1.807) is 23.1 Å². The lowest BCUT2D eigenvalue weighted by atomic mass is 10.2. The summed E-state index contributed by atoms with van der Waals surface area (Å²) in [7, 11) is 1.24. The van der Waals surface area contributed by atoms with E-state index < -0.39 is 17.2 Å². The Balaban J connectivity index is 1.36. The van der Waals surface area contributed by atoms with Crippen LogP contribution in [-0.2, 0) is 22.3 Å². The molecule has 1 aromatic carbocycles. The first kappa shape index (κ1) is 24.7. The van der Waals surface area contributed by atoms with Crippen LogP contribution < -0.4 is 4.90 Å². The number of nitrogens with zero attached hydrogens (tertiary/aromatic N) is 6. The van der Waals surface area contributed by atoms with Gasteiger partial charge in [0.25, 0.3) is 0 Å². The smallest absolute Gasteiger partial charge is 0.443 e. The van der Waals surface area contributed by atoms with Crippen LogP contribution in [0.3, 0.4) is 0 Å². The number of amides is 1. The van der Waals surface area contributed by atoms with Crippen LogP contribution in [0.2, 0.25) is 0 Å². The first-order valence-corrected chi connectivity index (χ1v) is 12.1. The van der Waals surface area contributed by atoms with E-state index in [9.17, 15) is 22.8 Å². The summed E-state index contributed by atoms with van der Waals surface area (Å²) in [5.74, 6) is -0.560. The number of thiazole rings is 1. The largest absolute Gasteiger partial charge is 0.464 e. The van der Waals surface area contributed by atoms with Crippen LogP contribution >= 0.6 is 11.3 Å². The lowest BCUT2D eigenvalue weighted by molar-refractivity contribution is -0.137. The summed E-state index contributed by atoms with van der Waals surface area (Å²) in [6.45, 7) is 2.67. The molecule has 1 saturated heterocycles. The average Bonchev–Trinajstić information content (AvgIpc) is 3.60. The zero-order valence-electron chi connectivity index (χ0n) is 19.8. The molecule has 37 heavy (non-hydrogen) atoms. The van der Waals surface area contributed by atoms with Gasteiger partial charge in [-0.05, 0) is 25.1 Å². The van der Waals surface area contributed by atoms with Crippen LogP contribution in [0.1, 0.15) is 22.4 Å². The Kier molecular flexibility index (Phi) is 6.35. The van der Waals surface area contributed by atoms with E-state index >= 15 is 0 Å². The number of H-pyrrole nitrogens is 1. The first-order valence-electron chi connectivity index (χ1n) is 11.3. The Morgan fingerprint density at radius 1 is 1.19 bits per heavy atom. The number of carbonyl (C=O) groups excluding carboxylic acids is 2. The van der Waals surface area contributed by atoms with Crippen molar-refractivity contribution in [2.75, 3.05) is 31.6 Å². The molecule has 14 heteroatoms. The van der Waals surface area contributed by atoms with Crippen LogP contribution in [0.15, 0.2) is 36.5 Å². The molecular formula is C23H22F3N7O3S. The van der Waals surface area contributed by atoms with E-state index in [2.05, 4.69) is 24.8 Å². The van der Waals surface area contributed by atoms with Crippen molar-refractivity contribution in [3.63, 3.8) is 0 Å². The SMILES string of the molecule is COC(=O)c1ccn(CC(=O)N2CCN(c3sc(C(F)(F)F)nc3-c3nc4ccccc4[nH]3)C[C@H]2C)n1. The predicted octanol–water partition coefficient (Wildman–Crippen LogP) is 3.43. The zero-order valence-corrected chi connectivity index (χ0v) is 20.6. The number of para-hydroxylation sites is 2. The van der Waals surface area contributed by atoms with Gasteiger partial charge in [-0.15, -0.1) is 0 Å². The molecule has 10 nitrogen and oxygen atoms in total. The van der Waals surface area contributed by atoms with Gasteiger partial charge < -0.3 is 19.5 Å². The molecule has 0 aliphatic carbocycles. The summed E-state index contributed by atoms with van der Waals surface area (Å²) >= 11 is 0.568. The molecule has 1 fully saturated rings. The van der Waals surface area contributed by atoms with Crippen molar-refractivity contribution in [3.8, 4) is 11.5 Å². The molecule has 0 spiro atoms. The molecule has 1 aliphatic heterocycles. The minimum absolute atomic E-state index is 0.0790. The molecule has 1 amide bonds. The second-order valence-corrected chi connectivity index (χ2v) is 9.52. The highest BCUT2D eigenvalue weighted by Crippen LogP contribution is 2.42. The number of hydrogen-bond acceptors (Lipinski definition) is 8. The van der Waals surface area contributed by atoms with Crippen molar-refractivity contribution in [2.45, 2.75) is 25.7 Å².